The average molecular weight is 369 g/mol. The lowest BCUT2D eigenvalue weighted by Crippen LogP contribution is -2.06. The molecule has 0 aliphatic rings. The van der Waals surface area contributed by atoms with Gasteiger partial charge < -0.3 is 10.4 Å². The molecule has 0 saturated heterocycles. The number of ketones is 1. The van der Waals surface area contributed by atoms with Crippen molar-refractivity contribution in [2.75, 3.05) is 0 Å². The number of hydrogen-bond donors (Lipinski definition) is 3. The summed E-state index contributed by atoms with van der Waals surface area (Å²) < 4.78 is 0. The highest BCUT2D eigenvalue weighted by atomic mass is 35.5. The molecule has 0 aliphatic carbocycles. The molecule has 5 nitrogen and oxygen atoms in total. The van der Waals surface area contributed by atoms with Gasteiger partial charge >= 0.3 is 0 Å². The van der Waals surface area contributed by atoms with Crippen LogP contribution in [0, 0.1) is 23.7 Å². The zero-order valence-corrected chi connectivity index (χ0v) is 17.7. The van der Waals surface area contributed by atoms with E-state index in [1.54, 1.807) is 0 Å². The van der Waals surface area contributed by atoms with Crippen LogP contribution in [0.3, 0.4) is 0 Å². The summed E-state index contributed by atoms with van der Waals surface area (Å²) in [5.74, 6) is 6.11. The number of nitrogens with zero attached hydrogens (tertiary/aromatic N) is 1. The maximum absolute atomic E-state index is 11.1. The normalized spacial score (nSPS) is 9.75. The fourth-order valence-corrected chi connectivity index (χ4v) is 2.10. The van der Waals surface area contributed by atoms with Crippen LogP contribution >= 0.6 is 12.4 Å². The molecule has 0 radical (unpaired) electrons. The van der Waals surface area contributed by atoms with Crippen LogP contribution in [-0.2, 0) is 4.79 Å². The highest BCUT2D eigenvalue weighted by molar-refractivity contribution is 5.85. The summed E-state index contributed by atoms with van der Waals surface area (Å²) in [4.78, 5) is 11.1. The molecule has 0 aromatic rings. The first-order valence-corrected chi connectivity index (χ1v) is 8.55. The van der Waals surface area contributed by atoms with Crippen LogP contribution in [0.4, 0.5) is 0 Å². The molecule has 0 saturated carbocycles. The molecule has 0 aromatic carbocycles. The van der Waals surface area contributed by atoms with Gasteiger partial charge in [0.25, 0.3) is 0 Å². The second-order valence-electron chi connectivity index (χ2n) is 7.60. The van der Waals surface area contributed by atoms with Crippen LogP contribution in [0.5, 0.6) is 0 Å². The molecule has 0 bridgehead atoms. The zero-order chi connectivity index (χ0) is 19.0. The minimum absolute atomic E-state index is 0. The number of Topliss-reactive ketones (excluding diaryl/α,β-unsaturated/α-hetero) is 1. The van der Waals surface area contributed by atoms with E-state index in [2.05, 4.69) is 66.4 Å². The molecule has 0 unspecified atom stereocenters. The smallest absolute Gasteiger partial charge is 0.133 e. The molecule has 0 rings (SSSR count). The number of nitrogens with two attached hydrogens (primary N) is 1. The van der Waals surface area contributed by atoms with Crippen molar-refractivity contribution in [1.29, 1.82) is 0 Å². The summed E-state index contributed by atoms with van der Waals surface area (Å²) in [5, 5.41) is 18.4. The van der Waals surface area contributed by atoms with Crippen molar-refractivity contribution in [3.05, 3.63) is 0 Å². The summed E-state index contributed by atoms with van der Waals surface area (Å²) >= 11 is 0. The largest absolute Gasteiger partial charge is 0.411 e. The lowest BCUT2D eigenvalue weighted by molar-refractivity contribution is -0.120. The van der Waals surface area contributed by atoms with E-state index in [0.29, 0.717) is 29.5 Å². The van der Waals surface area contributed by atoms with Gasteiger partial charge in [-0.15, -0.1) is 12.4 Å². The van der Waals surface area contributed by atoms with Crippen LogP contribution in [0.25, 0.3) is 0 Å². The monoisotopic (exact) mass is 368 g/mol. The minimum atomic E-state index is 0. The highest BCUT2D eigenvalue weighted by Gasteiger charge is 2.06. The van der Waals surface area contributed by atoms with Gasteiger partial charge in [-0.1, -0.05) is 60.5 Å². The van der Waals surface area contributed by atoms with Crippen LogP contribution in [0.1, 0.15) is 81.1 Å². The van der Waals surface area contributed by atoms with E-state index >= 15 is 0 Å². The number of carbonyl (C=O) groups is 1. The van der Waals surface area contributed by atoms with Crippen molar-refractivity contribution in [3.8, 4) is 0 Å². The molecular formula is C18H41ClN2O3. The second kappa shape index (κ2) is 20.4. The number of rotatable bonds is 8. The third-order valence-corrected chi connectivity index (χ3v) is 2.70. The average Bonchev–Trinajstić information content (AvgIpc) is 2.37. The molecule has 6 heteroatoms. The fourth-order valence-electron chi connectivity index (χ4n) is 2.10. The predicted octanol–water partition coefficient (Wildman–Crippen LogP) is 5.31. The first kappa shape index (κ1) is 31.2. The SMILES string of the molecule is CC(C)CC(=O)CC(C)C.CC(C)CC(CC(C)C)=NO.Cl.NO. The van der Waals surface area contributed by atoms with E-state index < -0.39 is 0 Å². The van der Waals surface area contributed by atoms with Gasteiger partial charge in [-0.3, -0.25) is 4.79 Å². The minimum Gasteiger partial charge on any atom is -0.411 e. The molecule has 0 spiro atoms. The molecular weight excluding hydrogens is 328 g/mol. The summed E-state index contributed by atoms with van der Waals surface area (Å²) in [6, 6.07) is 0. The van der Waals surface area contributed by atoms with Gasteiger partial charge in [0.1, 0.15) is 5.78 Å². The molecule has 0 atom stereocenters. The van der Waals surface area contributed by atoms with Crippen molar-refractivity contribution in [2.24, 2.45) is 34.7 Å². The number of hydrogen-bond acceptors (Lipinski definition) is 5. The standard InChI is InChI=1S/C9H19NO.C9H18O.ClH.H3NO/c1-7(2)5-9(10-11)6-8(3)4;1-7(2)5-9(10)6-8(3)4;;1-2/h7-8,11H,5-6H2,1-4H3;7-8H,5-6H2,1-4H3;1H;2H,1H2. The number of oxime groups is 1. The molecule has 4 N–H and O–H groups in total. The van der Waals surface area contributed by atoms with Crippen molar-refractivity contribution in [3.63, 3.8) is 0 Å². The first-order valence-electron chi connectivity index (χ1n) is 8.55. The van der Waals surface area contributed by atoms with Gasteiger partial charge in [-0.05, 0) is 36.5 Å². The van der Waals surface area contributed by atoms with E-state index in [-0.39, 0.29) is 12.4 Å². The predicted molar refractivity (Wildman–Crippen MR) is 105 cm³/mol. The maximum Gasteiger partial charge on any atom is 0.133 e. The maximum atomic E-state index is 11.1. The van der Waals surface area contributed by atoms with E-state index in [9.17, 15) is 4.79 Å². The van der Waals surface area contributed by atoms with Gasteiger partial charge in [0.15, 0.2) is 0 Å². The Morgan fingerprint density at radius 2 is 1.00 bits per heavy atom. The Bertz CT molecular complexity index is 281. The Labute approximate surface area is 155 Å². The summed E-state index contributed by atoms with van der Waals surface area (Å²) in [6.45, 7) is 16.8. The zero-order valence-electron chi connectivity index (χ0n) is 16.9. The van der Waals surface area contributed by atoms with E-state index in [1.807, 2.05) is 0 Å². The van der Waals surface area contributed by atoms with Gasteiger partial charge in [-0.2, -0.15) is 0 Å². The van der Waals surface area contributed by atoms with Crippen LogP contribution in [0.2, 0.25) is 0 Å². The van der Waals surface area contributed by atoms with Crippen molar-refractivity contribution in [1.82, 2.24) is 0 Å². The molecule has 0 amide bonds. The Kier molecular flexibility index (Phi) is 26.5. The fraction of sp³-hybridized carbons (Fsp3) is 0.889. The molecule has 0 aliphatic heterocycles. The molecule has 24 heavy (non-hydrogen) atoms. The van der Waals surface area contributed by atoms with Gasteiger partial charge in [0.05, 0.1) is 5.71 Å². The Morgan fingerprint density at radius 3 is 1.17 bits per heavy atom. The van der Waals surface area contributed by atoms with Crippen LogP contribution < -0.4 is 5.90 Å². The van der Waals surface area contributed by atoms with Gasteiger partial charge in [-0.25, -0.2) is 5.90 Å². The molecule has 0 aromatic heterocycles. The lowest BCUT2D eigenvalue weighted by Gasteiger charge is -2.08. The molecule has 0 heterocycles. The summed E-state index contributed by atoms with van der Waals surface area (Å²) in [6.07, 6.45) is 3.32. The third kappa shape index (κ3) is 29.4. The Morgan fingerprint density at radius 1 is 0.750 bits per heavy atom. The Balaban J connectivity index is -0.000000146. The van der Waals surface area contributed by atoms with Gasteiger partial charge in [0.2, 0.25) is 0 Å². The van der Waals surface area contributed by atoms with Crippen LogP contribution in [0.15, 0.2) is 5.16 Å². The first-order chi connectivity index (χ1) is 10.6. The van der Waals surface area contributed by atoms with Crippen molar-refractivity contribution in [2.45, 2.75) is 81.1 Å². The summed E-state index contributed by atoms with van der Waals surface area (Å²) in [5.41, 5.74) is 0.926. The Hall–Kier alpha value is -0.650. The quantitative estimate of drug-likeness (QED) is 0.307. The highest BCUT2D eigenvalue weighted by Crippen LogP contribution is 2.09. The van der Waals surface area contributed by atoms with Crippen molar-refractivity contribution >= 4 is 23.9 Å². The topological polar surface area (TPSA) is 95.9 Å². The number of halogens is 1. The lowest BCUT2D eigenvalue weighted by atomic mass is 9.99. The van der Waals surface area contributed by atoms with E-state index in [4.69, 9.17) is 10.4 Å². The molecule has 0 fully saturated rings. The number of carbonyl (C=O) groups excluding carboxylic acids is 1. The van der Waals surface area contributed by atoms with Crippen LogP contribution in [-0.4, -0.2) is 21.9 Å². The van der Waals surface area contributed by atoms with Gasteiger partial charge in [0, 0.05) is 12.8 Å². The molecule has 148 valence electrons. The third-order valence-electron chi connectivity index (χ3n) is 2.70. The summed E-state index contributed by atoms with van der Waals surface area (Å²) in [7, 11) is 0. The van der Waals surface area contributed by atoms with E-state index in [1.165, 1.54) is 0 Å². The van der Waals surface area contributed by atoms with Crippen molar-refractivity contribution < 1.29 is 15.2 Å². The second-order valence-corrected chi connectivity index (χ2v) is 7.60. The van der Waals surface area contributed by atoms with E-state index in [0.717, 1.165) is 31.4 Å².